The number of aromatic nitrogens is 4. The minimum absolute atomic E-state index is 0.0605. The van der Waals surface area contributed by atoms with Crippen LogP contribution >= 0.6 is 11.6 Å². The molecule has 1 aliphatic heterocycles. The monoisotopic (exact) mass is 546 g/mol. The molecule has 1 saturated carbocycles. The van der Waals surface area contributed by atoms with Crippen molar-refractivity contribution in [3.63, 3.8) is 0 Å². The van der Waals surface area contributed by atoms with Gasteiger partial charge in [0.1, 0.15) is 11.6 Å². The van der Waals surface area contributed by atoms with Crippen molar-refractivity contribution in [2.45, 2.75) is 58.4 Å². The number of pyridine rings is 2. The van der Waals surface area contributed by atoms with E-state index in [0.717, 1.165) is 54.7 Å². The molecular weight excluding hydrogens is 515 g/mol. The van der Waals surface area contributed by atoms with E-state index in [-0.39, 0.29) is 17.9 Å². The predicted octanol–water partition coefficient (Wildman–Crippen LogP) is 5.74. The summed E-state index contributed by atoms with van der Waals surface area (Å²) in [6, 6.07) is 8.65. The lowest BCUT2D eigenvalue weighted by Gasteiger charge is -2.35. The molecule has 1 atom stereocenters. The van der Waals surface area contributed by atoms with Gasteiger partial charge in [0.25, 0.3) is 0 Å². The zero-order valence-corrected chi connectivity index (χ0v) is 23.4. The van der Waals surface area contributed by atoms with E-state index in [4.69, 9.17) is 21.6 Å². The van der Waals surface area contributed by atoms with Gasteiger partial charge in [-0.05, 0) is 80.0 Å². The summed E-state index contributed by atoms with van der Waals surface area (Å²) in [5, 5.41) is 4.63. The minimum Gasteiger partial charge on any atom is -0.351 e. The maximum absolute atomic E-state index is 15.3. The topological polar surface area (TPSA) is 75.9 Å². The smallest absolute Gasteiger partial charge is 0.351 e. The van der Waals surface area contributed by atoms with Crippen LogP contribution in [0.4, 0.5) is 10.2 Å². The zero-order chi connectivity index (χ0) is 27.4. The van der Waals surface area contributed by atoms with E-state index in [1.54, 1.807) is 16.8 Å². The number of halogens is 2. The van der Waals surface area contributed by atoms with Crippen LogP contribution < -0.4 is 15.9 Å². The van der Waals surface area contributed by atoms with Crippen LogP contribution in [0, 0.1) is 12.7 Å². The molecule has 3 aromatic heterocycles. The maximum atomic E-state index is 15.3. The molecule has 9 heteroatoms. The second-order valence-electron chi connectivity index (χ2n) is 11.0. The van der Waals surface area contributed by atoms with Crippen LogP contribution in [-0.4, -0.2) is 45.2 Å². The van der Waals surface area contributed by atoms with Gasteiger partial charge in [0.15, 0.2) is 5.65 Å². The predicted molar refractivity (Wildman–Crippen MR) is 154 cm³/mol. The highest BCUT2D eigenvalue weighted by Gasteiger charge is 2.32. The molecule has 1 aliphatic carbocycles. The highest BCUT2D eigenvalue weighted by Crippen LogP contribution is 2.46. The van der Waals surface area contributed by atoms with Crippen LogP contribution in [-0.2, 0) is 0 Å². The normalized spacial score (nSPS) is 17.8. The summed E-state index contributed by atoms with van der Waals surface area (Å²) in [6.07, 6.45) is 3.78. The maximum Gasteiger partial charge on any atom is 0.355 e. The molecule has 2 fully saturated rings. The molecule has 2 aliphatic rings. The summed E-state index contributed by atoms with van der Waals surface area (Å²) in [6.45, 7) is 10.5. The van der Waals surface area contributed by atoms with Crippen molar-refractivity contribution in [1.29, 1.82) is 0 Å². The van der Waals surface area contributed by atoms with Crippen LogP contribution in [0.5, 0.6) is 0 Å². The number of anilines is 1. The van der Waals surface area contributed by atoms with Crippen LogP contribution in [0.3, 0.4) is 0 Å². The Hall–Kier alpha value is -3.36. The average Bonchev–Trinajstić information content (AvgIpc) is 3.75. The van der Waals surface area contributed by atoms with E-state index in [1.165, 1.54) is 12.1 Å². The molecule has 0 spiro atoms. The van der Waals surface area contributed by atoms with Gasteiger partial charge >= 0.3 is 5.69 Å². The Morgan fingerprint density at radius 2 is 1.95 bits per heavy atom. The molecule has 7 nitrogen and oxygen atoms in total. The highest BCUT2D eigenvalue weighted by molar-refractivity contribution is 6.30. The molecule has 4 aromatic rings. The first-order valence-corrected chi connectivity index (χ1v) is 14.0. The lowest BCUT2D eigenvalue weighted by atomic mass is 9.99. The van der Waals surface area contributed by atoms with Crippen molar-refractivity contribution in [3.8, 4) is 16.9 Å². The van der Waals surface area contributed by atoms with Crippen molar-refractivity contribution in [3.05, 3.63) is 74.7 Å². The number of hydrogen-bond donors (Lipinski definition) is 1. The van der Waals surface area contributed by atoms with E-state index in [1.807, 2.05) is 26.8 Å². The quantitative estimate of drug-likeness (QED) is 0.344. The van der Waals surface area contributed by atoms with Crippen molar-refractivity contribution in [2.75, 3.05) is 24.5 Å². The largest absolute Gasteiger partial charge is 0.355 e. The second kappa shape index (κ2) is 9.99. The van der Waals surface area contributed by atoms with Gasteiger partial charge in [0.2, 0.25) is 0 Å². The Labute approximate surface area is 232 Å². The highest BCUT2D eigenvalue weighted by atomic mass is 35.5. The summed E-state index contributed by atoms with van der Waals surface area (Å²) in [7, 11) is 0. The number of benzene rings is 1. The number of rotatable bonds is 5. The average molecular weight is 547 g/mol. The van der Waals surface area contributed by atoms with Gasteiger partial charge < -0.3 is 10.2 Å². The number of piperazine rings is 1. The molecular formula is C30H32ClFN6O. The molecule has 1 saturated heterocycles. The fourth-order valence-electron chi connectivity index (χ4n) is 5.61. The standard InChI is InChI=1S/C30H32ClFN6O/c1-16(2)25-27(17(3)9-10-34-25)38-29-23(28(36-30(38)39)37-12-11-33-15-18(37)4)14-21(19-5-6-19)26(35-29)22-13-20(31)7-8-24(22)32/h7-10,13-14,16,18-19,33H,5-6,11-12,15H2,1-4H3/t18-/m0/s1. The first-order valence-electron chi connectivity index (χ1n) is 13.6. The minimum atomic E-state index is -0.426. The molecule has 0 bridgehead atoms. The summed E-state index contributed by atoms with van der Waals surface area (Å²) in [4.78, 5) is 30.6. The van der Waals surface area contributed by atoms with E-state index >= 15 is 4.39 Å². The lowest BCUT2D eigenvalue weighted by molar-refractivity contribution is 0.497. The fourth-order valence-corrected chi connectivity index (χ4v) is 5.78. The van der Waals surface area contributed by atoms with Crippen molar-refractivity contribution in [1.82, 2.24) is 24.8 Å². The van der Waals surface area contributed by atoms with Gasteiger partial charge in [-0.25, -0.2) is 18.7 Å². The van der Waals surface area contributed by atoms with E-state index in [2.05, 4.69) is 28.2 Å². The first kappa shape index (κ1) is 25.9. The van der Waals surface area contributed by atoms with Crippen LogP contribution in [0.15, 0.2) is 41.3 Å². The Bertz CT molecular complexity index is 1650. The number of aryl methyl sites for hydroxylation is 1. The van der Waals surface area contributed by atoms with Crippen molar-refractivity contribution in [2.24, 2.45) is 0 Å². The van der Waals surface area contributed by atoms with Crippen molar-refractivity contribution < 1.29 is 4.39 Å². The molecule has 4 heterocycles. The second-order valence-corrected chi connectivity index (χ2v) is 11.4. The Balaban J connectivity index is 1.75. The van der Waals surface area contributed by atoms with Gasteiger partial charge in [0.05, 0.1) is 22.5 Å². The Morgan fingerprint density at radius 1 is 1.15 bits per heavy atom. The van der Waals surface area contributed by atoms with E-state index in [0.29, 0.717) is 33.4 Å². The number of nitrogens with zero attached hydrogens (tertiary/aromatic N) is 5. The van der Waals surface area contributed by atoms with Gasteiger partial charge in [-0.15, -0.1) is 0 Å². The summed E-state index contributed by atoms with van der Waals surface area (Å²) in [5.74, 6) is 0.563. The number of fused-ring (bicyclic) bond motifs is 1. The Kier molecular flexibility index (Phi) is 6.63. The lowest BCUT2D eigenvalue weighted by Crippen LogP contribution is -2.50. The van der Waals surface area contributed by atoms with E-state index in [9.17, 15) is 4.79 Å². The van der Waals surface area contributed by atoms with E-state index < -0.39 is 11.5 Å². The Morgan fingerprint density at radius 3 is 2.67 bits per heavy atom. The molecule has 0 amide bonds. The summed E-state index contributed by atoms with van der Waals surface area (Å²) < 4.78 is 16.8. The molecule has 202 valence electrons. The summed E-state index contributed by atoms with van der Waals surface area (Å²) >= 11 is 6.32. The molecule has 39 heavy (non-hydrogen) atoms. The van der Waals surface area contributed by atoms with Crippen LogP contribution in [0.1, 0.15) is 62.3 Å². The van der Waals surface area contributed by atoms with Gasteiger partial charge in [-0.2, -0.15) is 4.98 Å². The van der Waals surface area contributed by atoms with Crippen LogP contribution in [0.2, 0.25) is 5.02 Å². The number of nitrogens with one attached hydrogen (secondary N) is 1. The van der Waals surface area contributed by atoms with Gasteiger partial charge in [0, 0.05) is 42.5 Å². The van der Waals surface area contributed by atoms with Crippen molar-refractivity contribution >= 4 is 28.5 Å². The molecule has 0 unspecified atom stereocenters. The third-order valence-corrected chi connectivity index (χ3v) is 8.01. The first-order chi connectivity index (χ1) is 18.7. The SMILES string of the molecule is Cc1ccnc(C(C)C)c1-n1c(=O)nc(N2CCNC[C@@H]2C)c2cc(C3CC3)c(-c3cc(Cl)ccc3F)nc21. The summed E-state index contributed by atoms with van der Waals surface area (Å²) in [5.41, 5.74) is 4.21. The zero-order valence-electron chi connectivity index (χ0n) is 22.6. The fraction of sp³-hybridized carbons (Fsp3) is 0.400. The third kappa shape index (κ3) is 4.59. The van der Waals surface area contributed by atoms with Gasteiger partial charge in [-0.3, -0.25) is 4.98 Å². The molecule has 0 radical (unpaired) electrons. The van der Waals surface area contributed by atoms with Crippen LogP contribution in [0.25, 0.3) is 28.0 Å². The molecule has 6 rings (SSSR count). The number of hydrogen-bond acceptors (Lipinski definition) is 6. The molecule has 1 N–H and O–H groups in total. The van der Waals surface area contributed by atoms with Gasteiger partial charge in [-0.1, -0.05) is 25.4 Å². The molecule has 1 aromatic carbocycles. The third-order valence-electron chi connectivity index (χ3n) is 7.78.